The number of hydrogen-bond donors (Lipinski definition) is 1. The maximum absolute atomic E-state index is 4.10. The zero-order valence-electron chi connectivity index (χ0n) is 8.40. The van der Waals surface area contributed by atoms with E-state index < -0.39 is 0 Å². The van der Waals surface area contributed by atoms with Gasteiger partial charge in [0, 0.05) is 11.3 Å². The summed E-state index contributed by atoms with van der Waals surface area (Å²) < 4.78 is 0. The van der Waals surface area contributed by atoms with Crippen molar-refractivity contribution in [3.8, 4) is 10.6 Å². The predicted octanol–water partition coefficient (Wildman–Crippen LogP) is 3.15. The SMILES string of the molecule is C=C(C)Nc1nnc(-c2ccccc2)s1. The van der Waals surface area contributed by atoms with Crippen LogP contribution >= 0.6 is 11.3 Å². The molecular formula is C11H11N3S. The van der Waals surface area contributed by atoms with Crippen molar-refractivity contribution >= 4 is 16.5 Å². The van der Waals surface area contributed by atoms with Crippen LogP contribution < -0.4 is 5.32 Å². The van der Waals surface area contributed by atoms with Crippen molar-refractivity contribution in [2.75, 3.05) is 5.32 Å². The van der Waals surface area contributed by atoms with E-state index in [0.717, 1.165) is 21.4 Å². The van der Waals surface area contributed by atoms with Crippen molar-refractivity contribution in [1.29, 1.82) is 0 Å². The zero-order valence-corrected chi connectivity index (χ0v) is 9.21. The Morgan fingerprint density at radius 1 is 1.27 bits per heavy atom. The van der Waals surface area contributed by atoms with Crippen molar-refractivity contribution in [1.82, 2.24) is 10.2 Å². The number of benzene rings is 1. The van der Waals surface area contributed by atoms with Gasteiger partial charge in [0.25, 0.3) is 0 Å². The monoisotopic (exact) mass is 217 g/mol. The molecule has 4 heteroatoms. The van der Waals surface area contributed by atoms with E-state index >= 15 is 0 Å². The Hall–Kier alpha value is -1.68. The lowest BCUT2D eigenvalue weighted by Crippen LogP contribution is -1.91. The van der Waals surface area contributed by atoms with Crippen LogP contribution in [0.5, 0.6) is 0 Å². The van der Waals surface area contributed by atoms with Crippen LogP contribution in [0.1, 0.15) is 6.92 Å². The minimum absolute atomic E-state index is 0.779. The van der Waals surface area contributed by atoms with Crippen molar-refractivity contribution in [2.24, 2.45) is 0 Å². The third-order valence-electron chi connectivity index (χ3n) is 1.77. The minimum atomic E-state index is 0.779. The molecular weight excluding hydrogens is 206 g/mol. The second-order valence-corrected chi connectivity index (χ2v) is 4.16. The first-order valence-corrected chi connectivity index (χ1v) is 5.39. The van der Waals surface area contributed by atoms with Gasteiger partial charge < -0.3 is 5.32 Å². The largest absolute Gasteiger partial charge is 0.335 e. The molecule has 0 bridgehead atoms. The van der Waals surface area contributed by atoms with E-state index in [1.54, 1.807) is 0 Å². The van der Waals surface area contributed by atoms with Crippen molar-refractivity contribution in [3.63, 3.8) is 0 Å². The molecule has 2 aromatic rings. The van der Waals surface area contributed by atoms with E-state index in [2.05, 4.69) is 22.1 Å². The maximum Gasteiger partial charge on any atom is 0.210 e. The Balaban J connectivity index is 2.24. The summed E-state index contributed by atoms with van der Waals surface area (Å²) in [5.41, 5.74) is 1.95. The van der Waals surface area contributed by atoms with E-state index in [1.165, 1.54) is 11.3 Å². The van der Waals surface area contributed by atoms with Crippen molar-refractivity contribution in [2.45, 2.75) is 6.92 Å². The van der Waals surface area contributed by atoms with E-state index in [-0.39, 0.29) is 0 Å². The molecule has 3 nitrogen and oxygen atoms in total. The number of allylic oxidation sites excluding steroid dienone is 1. The molecule has 1 aromatic heterocycles. The lowest BCUT2D eigenvalue weighted by Gasteiger charge is -1.96. The number of hydrogen-bond acceptors (Lipinski definition) is 4. The second kappa shape index (κ2) is 4.23. The lowest BCUT2D eigenvalue weighted by molar-refractivity contribution is 1.09. The Morgan fingerprint density at radius 3 is 2.67 bits per heavy atom. The van der Waals surface area contributed by atoms with Gasteiger partial charge in [0.2, 0.25) is 5.13 Å². The highest BCUT2D eigenvalue weighted by Gasteiger charge is 2.04. The van der Waals surface area contributed by atoms with Gasteiger partial charge in [-0.2, -0.15) is 0 Å². The molecule has 0 fully saturated rings. The zero-order chi connectivity index (χ0) is 10.7. The lowest BCUT2D eigenvalue weighted by atomic mass is 10.2. The van der Waals surface area contributed by atoms with Gasteiger partial charge in [0.05, 0.1) is 0 Å². The molecule has 1 aromatic carbocycles. The number of rotatable bonds is 3. The highest BCUT2D eigenvalue weighted by Crippen LogP contribution is 2.26. The summed E-state index contributed by atoms with van der Waals surface area (Å²) in [4.78, 5) is 0. The summed E-state index contributed by atoms with van der Waals surface area (Å²) in [5.74, 6) is 0. The summed E-state index contributed by atoms with van der Waals surface area (Å²) in [6.07, 6.45) is 0. The van der Waals surface area contributed by atoms with Gasteiger partial charge in [0.1, 0.15) is 5.01 Å². The fraction of sp³-hybridized carbons (Fsp3) is 0.0909. The fourth-order valence-electron chi connectivity index (χ4n) is 1.15. The van der Waals surface area contributed by atoms with Gasteiger partial charge in [-0.15, -0.1) is 10.2 Å². The summed E-state index contributed by atoms with van der Waals surface area (Å²) in [6, 6.07) is 10.00. The molecule has 0 atom stereocenters. The Bertz CT molecular complexity index is 462. The summed E-state index contributed by atoms with van der Waals surface area (Å²) in [7, 11) is 0. The Labute approximate surface area is 92.5 Å². The maximum atomic E-state index is 4.10. The van der Waals surface area contributed by atoms with Gasteiger partial charge in [-0.1, -0.05) is 48.2 Å². The molecule has 0 saturated carbocycles. The molecule has 0 amide bonds. The second-order valence-electron chi connectivity index (χ2n) is 3.18. The molecule has 0 aliphatic carbocycles. The molecule has 0 spiro atoms. The van der Waals surface area contributed by atoms with Gasteiger partial charge >= 0.3 is 0 Å². The van der Waals surface area contributed by atoms with Crippen LogP contribution in [0.3, 0.4) is 0 Å². The predicted molar refractivity (Wildman–Crippen MR) is 63.8 cm³/mol. The smallest absolute Gasteiger partial charge is 0.210 e. The van der Waals surface area contributed by atoms with Crippen LogP contribution in [0.4, 0.5) is 5.13 Å². The Morgan fingerprint density at radius 2 is 2.00 bits per heavy atom. The highest BCUT2D eigenvalue weighted by atomic mass is 32.1. The normalized spacial score (nSPS) is 9.93. The first-order valence-electron chi connectivity index (χ1n) is 4.57. The molecule has 0 aliphatic rings. The summed E-state index contributed by atoms with van der Waals surface area (Å²) in [6.45, 7) is 5.65. The number of aromatic nitrogens is 2. The summed E-state index contributed by atoms with van der Waals surface area (Å²) in [5, 5.41) is 12.9. The van der Waals surface area contributed by atoms with Crippen LogP contribution in [0, 0.1) is 0 Å². The third kappa shape index (κ3) is 2.41. The molecule has 15 heavy (non-hydrogen) atoms. The van der Waals surface area contributed by atoms with Crippen LogP contribution in [-0.4, -0.2) is 10.2 Å². The van der Waals surface area contributed by atoms with Crippen LogP contribution in [0.25, 0.3) is 10.6 Å². The highest BCUT2D eigenvalue weighted by molar-refractivity contribution is 7.18. The minimum Gasteiger partial charge on any atom is -0.335 e. The van der Waals surface area contributed by atoms with Gasteiger partial charge in [0.15, 0.2) is 0 Å². The van der Waals surface area contributed by atoms with Gasteiger partial charge in [-0.3, -0.25) is 0 Å². The van der Waals surface area contributed by atoms with Crippen LogP contribution in [0.2, 0.25) is 0 Å². The molecule has 76 valence electrons. The molecule has 0 radical (unpaired) electrons. The molecule has 0 saturated heterocycles. The standard InChI is InChI=1S/C11H11N3S/c1-8(2)12-11-14-13-10(15-11)9-6-4-3-5-7-9/h3-7H,1H2,2H3,(H,12,14). The van der Waals surface area contributed by atoms with Crippen molar-refractivity contribution < 1.29 is 0 Å². The quantitative estimate of drug-likeness (QED) is 0.858. The first kappa shape index (κ1) is 9.86. The topological polar surface area (TPSA) is 37.8 Å². The molecule has 0 unspecified atom stereocenters. The molecule has 1 N–H and O–H groups in total. The number of anilines is 1. The van der Waals surface area contributed by atoms with E-state index in [4.69, 9.17) is 0 Å². The third-order valence-corrected chi connectivity index (χ3v) is 2.65. The van der Waals surface area contributed by atoms with E-state index in [9.17, 15) is 0 Å². The van der Waals surface area contributed by atoms with E-state index in [0.29, 0.717) is 0 Å². The molecule has 0 aliphatic heterocycles. The number of nitrogens with zero attached hydrogens (tertiary/aromatic N) is 2. The fourth-order valence-corrected chi connectivity index (χ4v) is 1.98. The molecule has 1 heterocycles. The summed E-state index contributed by atoms with van der Waals surface area (Å²) >= 11 is 1.52. The van der Waals surface area contributed by atoms with Crippen molar-refractivity contribution in [3.05, 3.63) is 42.6 Å². The van der Waals surface area contributed by atoms with Crippen LogP contribution in [-0.2, 0) is 0 Å². The van der Waals surface area contributed by atoms with Gasteiger partial charge in [-0.25, -0.2) is 0 Å². The average Bonchev–Trinajstić information content (AvgIpc) is 2.67. The first-order chi connectivity index (χ1) is 7.25. The molecule has 2 rings (SSSR count). The number of nitrogens with one attached hydrogen (secondary N) is 1. The van der Waals surface area contributed by atoms with E-state index in [1.807, 2.05) is 37.3 Å². The average molecular weight is 217 g/mol. The van der Waals surface area contributed by atoms with Crippen LogP contribution in [0.15, 0.2) is 42.6 Å². The Kier molecular flexibility index (Phi) is 2.78. The van der Waals surface area contributed by atoms with Gasteiger partial charge in [-0.05, 0) is 6.92 Å².